The molecule has 0 N–H and O–H groups in total. The molecule has 0 aromatic carbocycles. The van der Waals surface area contributed by atoms with Crippen molar-refractivity contribution >= 4 is 11.7 Å². The predicted molar refractivity (Wildman–Crippen MR) is 86.5 cm³/mol. The van der Waals surface area contributed by atoms with Gasteiger partial charge in [0.15, 0.2) is 6.10 Å². The smallest absolute Gasteiger partial charge is 0.253 e. The van der Waals surface area contributed by atoms with E-state index in [1.54, 1.807) is 0 Å². The van der Waals surface area contributed by atoms with Crippen LogP contribution in [0, 0.1) is 6.92 Å². The summed E-state index contributed by atoms with van der Waals surface area (Å²) in [7, 11) is 0. The van der Waals surface area contributed by atoms with Crippen LogP contribution in [0.1, 0.15) is 43.1 Å². The number of carbonyl (C=O) groups is 1. The van der Waals surface area contributed by atoms with Crippen LogP contribution < -0.4 is 4.90 Å². The molecule has 3 fully saturated rings. The molecule has 2 saturated heterocycles. The van der Waals surface area contributed by atoms with Crippen LogP contribution in [-0.2, 0) is 9.53 Å². The largest absolute Gasteiger partial charge is 0.365 e. The van der Waals surface area contributed by atoms with Crippen molar-refractivity contribution in [1.82, 2.24) is 14.9 Å². The van der Waals surface area contributed by atoms with Gasteiger partial charge in [0.25, 0.3) is 5.91 Å². The summed E-state index contributed by atoms with van der Waals surface area (Å²) in [5.74, 6) is 2.59. The molecule has 23 heavy (non-hydrogen) atoms. The van der Waals surface area contributed by atoms with Gasteiger partial charge in [-0.2, -0.15) is 0 Å². The maximum absolute atomic E-state index is 12.6. The number of carbonyl (C=O) groups excluding carboxylic acids is 1. The summed E-state index contributed by atoms with van der Waals surface area (Å²) >= 11 is 0. The molecule has 1 aromatic heterocycles. The average molecular weight is 316 g/mol. The summed E-state index contributed by atoms with van der Waals surface area (Å²) in [5.41, 5.74) is 1.01. The Kier molecular flexibility index (Phi) is 3.93. The summed E-state index contributed by atoms with van der Waals surface area (Å²) in [6.45, 7) is 5.71. The Bertz CT molecular complexity index is 596. The lowest BCUT2D eigenvalue weighted by molar-refractivity contribution is -0.143. The molecule has 3 heterocycles. The van der Waals surface area contributed by atoms with E-state index in [0.717, 1.165) is 49.8 Å². The van der Waals surface area contributed by atoms with E-state index < -0.39 is 0 Å². The minimum atomic E-state index is -0.360. The normalized spacial score (nSPS) is 25.0. The Labute approximate surface area is 136 Å². The number of aryl methyl sites for hydroxylation is 1. The van der Waals surface area contributed by atoms with Crippen molar-refractivity contribution in [2.45, 2.75) is 44.6 Å². The number of hydrogen-bond acceptors (Lipinski definition) is 5. The highest BCUT2D eigenvalue weighted by Gasteiger charge is 2.33. The maximum Gasteiger partial charge on any atom is 0.253 e. The number of amides is 1. The molecular formula is C17H24N4O2. The molecule has 1 amide bonds. The second kappa shape index (κ2) is 6.07. The van der Waals surface area contributed by atoms with Gasteiger partial charge >= 0.3 is 0 Å². The van der Waals surface area contributed by atoms with Crippen molar-refractivity contribution in [3.05, 3.63) is 17.6 Å². The molecule has 2 aliphatic heterocycles. The van der Waals surface area contributed by atoms with E-state index in [2.05, 4.69) is 9.88 Å². The molecule has 0 spiro atoms. The summed E-state index contributed by atoms with van der Waals surface area (Å²) in [4.78, 5) is 26.0. The molecule has 1 aliphatic carbocycles. The predicted octanol–water partition coefficient (Wildman–Crippen LogP) is 1.49. The molecule has 3 aliphatic rings. The first-order chi connectivity index (χ1) is 11.2. The van der Waals surface area contributed by atoms with E-state index in [1.807, 2.05) is 17.9 Å². The zero-order valence-corrected chi connectivity index (χ0v) is 13.7. The lowest BCUT2D eigenvalue weighted by Gasteiger charge is -2.34. The van der Waals surface area contributed by atoms with Crippen LogP contribution in [0.15, 0.2) is 6.07 Å². The molecule has 0 bridgehead atoms. The van der Waals surface area contributed by atoms with Crippen LogP contribution in [0.4, 0.5) is 5.82 Å². The molecule has 4 rings (SSSR count). The Morgan fingerprint density at radius 1 is 1.22 bits per heavy atom. The molecule has 0 radical (unpaired) electrons. The quantitative estimate of drug-likeness (QED) is 0.845. The topological polar surface area (TPSA) is 58.6 Å². The van der Waals surface area contributed by atoms with Crippen LogP contribution in [-0.4, -0.2) is 59.7 Å². The lowest BCUT2D eigenvalue weighted by atomic mass is 10.2. The van der Waals surface area contributed by atoms with Crippen LogP contribution in [0.2, 0.25) is 0 Å². The van der Waals surface area contributed by atoms with Gasteiger partial charge in [0.05, 0.1) is 13.2 Å². The molecule has 124 valence electrons. The number of aromatic nitrogens is 2. The molecule has 6 nitrogen and oxygen atoms in total. The molecule has 1 aromatic rings. The number of hydrogen-bond donors (Lipinski definition) is 0. The van der Waals surface area contributed by atoms with Crippen LogP contribution in [0.3, 0.4) is 0 Å². The van der Waals surface area contributed by atoms with Crippen molar-refractivity contribution in [2.75, 3.05) is 37.7 Å². The van der Waals surface area contributed by atoms with Crippen LogP contribution in [0.5, 0.6) is 0 Å². The van der Waals surface area contributed by atoms with Gasteiger partial charge in [0, 0.05) is 37.3 Å². The summed E-state index contributed by atoms with van der Waals surface area (Å²) in [5, 5.41) is 0. The highest BCUT2D eigenvalue weighted by molar-refractivity contribution is 5.82. The van der Waals surface area contributed by atoms with Gasteiger partial charge in [-0.3, -0.25) is 4.79 Å². The fraction of sp³-hybridized carbons (Fsp3) is 0.706. The van der Waals surface area contributed by atoms with Gasteiger partial charge in [0.1, 0.15) is 11.6 Å². The Hall–Kier alpha value is -1.69. The van der Waals surface area contributed by atoms with Crippen LogP contribution in [0.25, 0.3) is 0 Å². The number of nitrogens with zero attached hydrogens (tertiary/aromatic N) is 4. The molecule has 1 saturated carbocycles. The summed E-state index contributed by atoms with van der Waals surface area (Å²) in [6, 6.07) is 2.02. The maximum atomic E-state index is 12.6. The summed E-state index contributed by atoms with van der Waals surface area (Å²) in [6.07, 6.45) is 4.25. The fourth-order valence-corrected chi connectivity index (χ4v) is 3.41. The van der Waals surface area contributed by atoms with Crippen molar-refractivity contribution in [3.63, 3.8) is 0 Å². The molecule has 6 heteroatoms. The minimum Gasteiger partial charge on any atom is -0.365 e. The Balaban J connectivity index is 1.49. The van der Waals surface area contributed by atoms with Gasteiger partial charge in [-0.15, -0.1) is 0 Å². The van der Waals surface area contributed by atoms with Gasteiger partial charge in [-0.05, 0) is 32.6 Å². The average Bonchev–Trinajstić information content (AvgIpc) is 3.28. The van der Waals surface area contributed by atoms with E-state index in [4.69, 9.17) is 9.72 Å². The van der Waals surface area contributed by atoms with Gasteiger partial charge in [-0.1, -0.05) is 0 Å². The summed E-state index contributed by atoms with van der Waals surface area (Å²) < 4.78 is 5.75. The van der Waals surface area contributed by atoms with Gasteiger partial charge in [0.2, 0.25) is 0 Å². The number of rotatable bonds is 3. The third-order valence-electron chi connectivity index (χ3n) is 4.88. The second-order valence-electron chi connectivity index (χ2n) is 6.84. The van der Waals surface area contributed by atoms with E-state index in [-0.39, 0.29) is 12.0 Å². The van der Waals surface area contributed by atoms with Crippen molar-refractivity contribution in [1.29, 1.82) is 0 Å². The number of ether oxygens (including phenoxy) is 1. The molecular weight excluding hydrogens is 292 g/mol. The highest BCUT2D eigenvalue weighted by Crippen LogP contribution is 2.38. The molecule has 1 atom stereocenters. The van der Waals surface area contributed by atoms with E-state index in [1.165, 1.54) is 12.8 Å². The SMILES string of the molecule is Cc1cc(N2CCOC(C(=O)N3CCCC3)C2)nc(C2CC2)n1. The highest BCUT2D eigenvalue weighted by atomic mass is 16.5. The van der Waals surface area contributed by atoms with E-state index in [0.29, 0.717) is 19.1 Å². The van der Waals surface area contributed by atoms with Crippen molar-refractivity contribution < 1.29 is 9.53 Å². The third kappa shape index (κ3) is 3.17. The van der Waals surface area contributed by atoms with E-state index >= 15 is 0 Å². The third-order valence-corrected chi connectivity index (χ3v) is 4.88. The monoisotopic (exact) mass is 316 g/mol. The first kappa shape index (κ1) is 14.9. The van der Waals surface area contributed by atoms with Gasteiger partial charge < -0.3 is 14.5 Å². The van der Waals surface area contributed by atoms with Crippen LogP contribution >= 0.6 is 0 Å². The number of morpholine rings is 1. The van der Waals surface area contributed by atoms with Crippen molar-refractivity contribution in [3.8, 4) is 0 Å². The zero-order chi connectivity index (χ0) is 15.8. The minimum absolute atomic E-state index is 0.139. The Morgan fingerprint density at radius 2 is 2.00 bits per heavy atom. The van der Waals surface area contributed by atoms with E-state index in [9.17, 15) is 4.79 Å². The lowest BCUT2D eigenvalue weighted by Crippen LogP contribution is -2.50. The number of anilines is 1. The first-order valence-electron chi connectivity index (χ1n) is 8.71. The first-order valence-corrected chi connectivity index (χ1v) is 8.71. The fourth-order valence-electron chi connectivity index (χ4n) is 3.41. The second-order valence-corrected chi connectivity index (χ2v) is 6.84. The zero-order valence-electron chi connectivity index (χ0n) is 13.7. The van der Waals surface area contributed by atoms with Crippen molar-refractivity contribution in [2.24, 2.45) is 0 Å². The number of likely N-dealkylation sites (tertiary alicyclic amines) is 1. The Morgan fingerprint density at radius 3 is 2.74 bits per heavy atom. The standard InChI is InChI=1S/C17H24N4O2/c1-12-10-15(19-16(18-12)13-4-5-13)21-8-9-23-14(11-21)17(22)20-6-2-3-7-20/h10,13-14H,2-9,11H2,1H3. The van der Waals surface area contributed by atoms with Gasteiger partial charge in [-0.25, -0.2) is 9.97 Å². The molecule has 1 unspecified atom stereocenters.